The summed E-state index contributed by atoms with van der Waals surface area (Å²) in [5.74, 6) is 0.0365. The molecule has 10 nitrogen and oxygen atoms in total. The van der Waals surface area contributed by atoms with Crippen molar-refractivity contribution in [2.45, 2.75) is 19.9 Å². The van der Waals surface area contributed by atoms with Gasteiger partial charge in [0.15, 0.2) is 18.1 Å². The van der Waals surface area contributed by atoms with E-state index in [0.717, 1.165) is 0 Å². The van der Waals surface area contributed by atoms with Crippen molar-refractivity contribution in [1.82, 2.24) is 10.7 Å². The molecule has 33 heavy (non-hydrogen) atoms. The molecule has 3 rings (SSSR count). The van der Waals surface area contributed by atoms with E-state index in [4.69, 9.17) is 14.2 Å². The van der Waals surface area contributed by atoms with Crippen LogP contribution in [0, 0.1) is 5.92 Å². The maximum absolute atomic E-state index is 12.6. The molecule has 0 spiro atoms. The number of hydrogen-bond donors (Lipinski definition) is 2. The number of nitrogens with zero attached hydrogens (tertiary/aromatic N) is 1. The van der Waals surface area contributed by atoms with E-state index in [1.807, 2.05) is 13.8 Å². The van der Waals surface area contributed by atoms with E-state index in [9.17, 15) is 14.4 Å². The van der Waals surface area contributed by atoms with Crippen LogP contribution in [0.2, 0.25) is 0 Å². The zero-order valence-electron chi connectivity index (χ0n) is 18.5. The molecule has 0 saturated heterocycles. The Morgan fingerprint density at radius 2 is 1.82 bits per heavy atom. The Morgan fingerprint density at radius 1 is 1.09 bits per heavy atom. The largest absolute Gasteiger partial charge is 0.482 e. The lowest BCUT2D eigenvalue weighted by atomic mass is 10.0. The first-order valence-corrected chi connectivity index (χ1v) is 10.2. The van der Waals surface area contributed by atoms with Crippen LogP contribution in [0.15, 0.2) is 47.6 Å². The predicted octanol–water partition coefficient (Wildman–Crippen LogP) is 1.87. The topological polar surface area (TPSA) is 125 Å². The van der Waals surface area contributed by atoms with Gasteiger partial charge in [-0.25, -0.2) is 10.2 Å². The fourth-order valence-electron chi connectivity index (χ4n) is 2.89. The number of carbonyl (C=O) groups is 3. The highest BCUT2D eigenvalue weighted by atomic mass is 16.7. The Labute approximate surface area is 190 Å². The van der Waals surface area contributed by atoms with Gasteiger partial charge in [-0.2, -0.15) is 5.10 Å². The lowest BCUT2D eigenvalue weighted by Crippen LogP contribution is -2.48. The number of fused-ring (bicyclic) bond motifs is 1. The molecule has 1 aliphatic heterocycles. The number of methoxy groups -OCH3 is 1. The molecule has 0 saturated carbocycles. The molecular formula is C23H25N3O7. The van der Waals surface area contributed by atoms with E-state index in [-0.39, 0.29) is 19.3 Å². The van der Waals surface area contributed by atoms with Crippen LogP contribution in [0.5, 0.6) is 17.2 Å². The van der Waals surface area contributed by atoms with E-state index >= 15 is 0 Å². The average molecular weight is 455 g/mol. The average Bonchev–Trinajstić information content (AvgIpc) is 3.29. The number of rotatable bonds is 9. The summed E-state index contributed by atoms with van der Waals surface area (Å²) < 4.78 is 20.3. The van der Waals surface area contributed by atoms with Gasteiger partial charge in [0.2, 0.25) is 6.79 Å². The normalized spacial score (nSPS) is 13.0. The predicted molar refractivity (Wildman–Crippen MR) is 118 cm³/mol. The maximum atomic E-state index is 12.6. The number of esters is 1. The molecule has 0 fully saturated rings. The summed E-state index contributed by atoms with van der Waals surface area (Å²) in [7, 11) is 1.28. The molecular weight excluding hydrogens is 430 g/mol. The minimum absolute atomic E-state index is 0.110. The van der Waals surface area contributed by atoms with Gasteiger partial charge in [-0.1, -0.05) is 13.8 Å². The Kier molecular flexibility index (Phi) is 7.85. The van der Waals surface area contributed by atoms with Crippen LogP contribution in [0.25, 0.3) is 0 Å². The van der Waals surface area contributed by atoms with Gasteiger partial charge < -0.3 is 24.3 Å². The monoisotopic (exact) mass is 455 g/mol. The van der Waals surface area contributed by atoms with Gasteiger partial charge >= 0.3 is 5.97 Å². The summed E-state index contributed by atoms with van der Waals surface area (Å²) in [6, 6.07) is 10.8. The summed E-state index contributed by atoms with van der Waals surface area (Å²) >= 11 is 0. The van der Waals surface area contributed by atoms with Gasteiger partial charge in [-0.15, -0.1) is 0 Å². The summed E-state index contributed by atoms with van der Waals surface area (Å²) in [5, 5.41) is 6.69. The lowest BCUT2D eigenvalue weighted by molar-refractivity contribution is -0.142. The van der Waals surface area contributed by atoms with Gasteiger partial charge in [0.25, 0.3) is 11.8 Å². The van der Waals surface area contributed by atoms with E-state index in [1.54, 1.807) is 42.5 Å². The molecule has 2 aromatic carbocycles. The Hall–Kier alpha value is -4.08. The first-order chi connectivity index (χ1) is 15.9. The molecule has 174 valence electrons. The van der Waals surface area contributed by atoms with Crippen molar-refractivity contribution >= 4 is 24.0 Å². The number of carbonyl (C=O) groups excluding carboxylic acids is 3. The number of nitrogens with one attached hydrogen (secondary N) is 2. The van der Waals surface area contributed by atoms with Gasteiger partial charge in [0.05, 0.1) is 13.3 Å². The first-order valence-electron chi connectivity index (χ1n) is 10.2. The fourth-order valence-corrected chi connectivity index (χ4v) is 2.89. The second-order valence-corrected chi connectivity index (χ2v) is 7.43. The van der Waals surface area contributed by atoms with Crippen molar-refractivity contribution in [2.75, 3.05) is 20.5 Å². The van der Waals surface area contributed by atoms with Crippen molar-refractivity contribution in [2.24, 2.45) is 11.0 Å². The maximum Gasteiger partial charge on any atom is 0.343 e. The highest BCUT2D eigenvalue weighted by Crippen LogP contribution is 2.32. The van der Waals surface area contributed by atoms with Crippen molar-refractivity contribution < 1.29 is 33.3 Å². The van der Waals surface area contributed by atoms with Crippen LogP contribution in [0.4, 0.5) is 0 Å². The lowest BCUT2D eigenvalue weighted by Gasteiger charge is -2.20. The SMILES string of the molecule is COC(=O)COc1ccc(C=NNC(=O)C(NC(=O)c2ccc3c(c2)OCO3)C(C)C)cc1. The van der Waals surface area contributed by atoms with E-state index in [2.05, 4.69) is 20.6 Å². The molecule has 1 unspecified atom stereocenters. The molecule has 1 atom stereocenters. The third-order valence-electron chi connectivity index (χ3n) is 4.72. The summed E-state index contributed by atoms with van der Waals surface area (Å²) in [4.78, 5) is 36.4. The van der Waals surface area contributed by atoms with Crippen molar-refractivity contribution in [3.05, 3.63) is 53.6 Å². The minimum Gasteiger partial charge on any atom is -0.482 e. The number of benzene rings is 2. The summed E-state index contributed by atoms with van der Waals surface area (Å²) in [6.07, 6.45) is 1.46. The smallest absolute Gasteiger partial charge is 0.343 e. The number of amides is 2. The zero-order valence-corrected chi connectivity index (χ0v) is 18.5. The highest BCUT2D eigenvalue weighted by molar-refractivity contribution is 5.98. The van der Waals surface area contributed by atoms with Crippen LogP contribution < -0.4 is 25.0 Å². The van der Waals surface area contributed by atoms with Crippen molar-refractivity contribution in [3.8, 4) is 17.2 Å². The fraction of sp³-hybridized carbons (Fsp3) is 0.304. The third kappa shape index (κ3) is 6.45. The Balaban J connectivity index is 1.55. The second-order valence-electron chi connectivity index (χ2n) is 7.43. The molecule has 1 heterocycles. The molecule has 0 bridgehead atoms. The minimum atomic E-state index is -0.797. The number of hydrogen-bond acceptors (Lipinski definition) is 8. The second kappa shape index (κ2) is 11.0. The number of hydrazone groups is 1. The van der Waals surface area contributed by atoms with Crippen LogP contribution >= 0.6 is 0 Å². The van der Waals surface area contributed by atoms with Gasteiger partial charge in [-0.05, 0) is 53.9 Å². The summed E-state index contributed by atoms with van der Waals surface area (Å²) in [6.45, 7) is 3.56. The van der Waals surface area contributed by atoms with Crippen LogP contribution in [-0.2, 0) is 14.3 Å². The van der Waals surface area contributed by atoms with Gasteiger partial charge in [0.1, 0.15) is 11.8 Å². The molecule has 0 aliphatic carbocycles. The Bertz CT molecular complexity index is 1030. The highest BCUT2D eigenvalue weighted by Gasteiger charge is 2.25. The quantitative estimate of drug-likeness (QED) is 0.336. The summed E-state index contributed by atoms with van der Waals surface area (Å²) in [5.41, 5.74) is 3.51. The Morgan fingerprint density at radius 3 is 2.52 bits per heavy atom. The van der Waals surface area contributed by atoms with E-state index in [0.29, 0.717) is 28.4 Å². The van der Waals surface area contributed by atoms with E-state index < -0.39 is 23.8 Å². The molecule has 2 amide bonds. The van der Waals surface area contributed by atoms with Crippen LogP contribution in [0.3, 0.4) is 0 Å². The third-order valence-corrected chi connectivity index (χ3v) is 4.72. The molecule has 0 radical (unpaired) electrons. The number of ether oxygens (including phenoxy) is 4. The molecule has 10 heteroatoms. The van der Waals surface area contributed by atoms with Crippen molar-refractivity contribution in [3.63, 3.8) is 0 Å². The molecule has 0 aromatic heterocycles. The molecule has 2 aromatic rings. The molecule has 1 aliphatic rings. The molecule has 2 N–H and O–H groups in total. The van der Waals surface area contributed by atoms with Gasteiger partial charge in [-0.3, -0.25) is 9.59 Å². The zero-order chi connectivity index (χ0) is 23.8. The van der Waals surface area contributed by atoms with Gasteiger partial charge in [0, 0.05) is 5.56 Å². The van der Waals surface area contributed by atoms with Crippen LogP contribution in [-0.4, -0.2) is 50.5 Å². The first kappa shape index (κ1) is 23.6. The van der Waals surface area contributed by atoms with Crippen molar-refractivity contribution in [1.29, 1.82) is 0 Å². The standard InChI is InChI=1S/C23H25N3O7/c1-14(2)21(25-22(28)16-6-9-18-19(10-16)33-13-32-18)23(29)26-24-11-15-4-7-17(8-5-15)31-12-20(27)30-3/h4-11,14,21H,12-13H2,1-3H3,(H,25,28)(H,26,29). The van der Waals surface area contributed by atoms with Crippen LogP contribution in [0.1, 0.15) is 29.8 Å². The van der Waals surface area contributed by atoms with E-state index in [1.165, 1.54) is 13.3 Å².